The molecule has 150 valence electrons. The van der Waals surface area contributed by atoms with Crippen LogP contribution in [0, 0.1) is 0 Å². The highest BCUT2D eigenvalue weighted by molar-refractivity contribution is 6.74. The molecule has 4 atom stereocenters. The molecule has 1 aliphatic rings. The van der Waals surface area contributed by atoms with E-state index < -0.39 is 22.9 Å². The maximum atomic E-state index is 9.86. The average Bonchev–Trinajstić information content (AvgIpc) is 3.00. The van der Waals surface area contributed by atoms with E-state index >= 15 is 0 Å². The molecule has 0 aliphatic carbocycles. The highest BCUT2D eigenvalue weighted by Crippen LogP contribution is 2.36. The number of aliphatic hydroxyl groups is 1. The number of rotatable bonds is 12. The van der Waals surface area contributed by atoms with Crippen molar-refractivity contribution in [2.75, 3.05) is 13.7 Å². The zero-order valence-electron chi connectivity index (χ0n) is 17.3. The second kappa shape index (κ2) is 10.5. The molecule has 1 saturated heterocycles. The van der Waals surface area contributed by atoms with Gasteiger partial charge in [0.15, 0.2) is 22.9 Å². The first-order valence-corrected chi connectivity index (χ1v) is 15.1. The van der Waals surface area contributed by atoms with Crippen LogP contribution < -0.4 is 0 Å². The molecule has 0 saturated carbocycles. The van der Waals surface area contributed by atoms with Crippen molar-refractivity contribution in [1.29, 1.82) is 0 Å². The van der Waals surface area contributed by atoms with Crippen LogP contribution in [0.5, 0.6) is 0 Å². The number of hydrogen-bond donors (Lipinski definition) is 1. The first-order chi connectivity index (χ1) is 11.9. The molecule has 0 aromatic heterocycles. The molecule has 1 N–H and O–H groups in total. The van der Waals surface area contributed by atoms with Gasteiger partial charge >= 0.3 is 0 Å². The Morgan fingerprint density at radius 2 is 1.16 bits per heavy atom. The number of ether oxygens (including phenoxy) is 2. The van der Waals surface area contributed by atoms with E-state index in [4.69, 9.17) is 18.3 Å². The Labute approximate surface area is 156 Å². The fourth-order valence-electron chi connectivity index (χ4n) is 3.87. The van der Waals surface area contributed by atoms with Gasteiger partial charge < -0.3 is 23.4 Å². The molecule has 0 bridgehead atoms. The highest BCUT2D eigenvalue weighted by Gasteiger charge is 2.51. The van der Waals surface area contributed by atoms with Gasteiger partial charge in [-0.15, -0.1) is 0 Å². The lowest BCUT2D eigenvalue weighted by atomic mass is 10.1. The van der Waals surface area contributed by atoms with Crippen molar-refractivity contribution >= 4 is 16.6 Å². The van der Waals surface area contributed by atoms with Gasteiger partial charge in [-0.05, 0) is 36.3 Å². The third kappa shape index (κ3) is 5.15. The van der Waals surface area contributed by atoms with E-state index in [1.165, 1.54) is 0 Å². The Morgan fingerprint density at radius 3 is 1.48 bits per heavy atom. The molecule has 5 nitrogen and oxygen atoms in total. The summed E-state index contributed by atoms with van der Waals surface area (Å²) in [4.78, 5) is 0. The largest absolute Gasteiger partial charge is 0.408 e. The van der Waals surface area contributed by atoms with Crippen LogP contribution >= 0.6 is 0 Å². The summed E-state index contributed by atoms with van der Waals surface area (Å²) in [6.07, 6.45) is -1.32. The quantitative estimate of drug-likeness (QED) is 0.506. The molecule has 0 spiro atoms. The molecule has 1 unspecified atom stereocenters. The summed E-state index contributed by atoms with van der Waals surface area (Å²) < 4.78 is 25.0. The predicted molar refractivity (Wildman–Crippen MR) is 107 cm³/mol. The number of aliphatic hydroxyl groups excluding tert-OH is 1. The molecule has 0 aromatic rings. The lowest BCUT2D eigenvalue weighted by Crippen LogP contribution is -2.52. The van der Waals surface area contributed by atoms with Gasteiger partial charge in [-0.1, -0.05) is 41.5 Å². The minimum atomic E-state index is -1.84. The number of methoxy groups -OCH3 is 1. The smallest absolute Gasteiger partial charge is 0.192 e. The topological polar surface area (TPSA) is 57.2 Å². The monoisotopic (exact) mass is 392 g/mol. The molecule has 0 amide bonds. The summed E-state index contributed by atoms with van der Waals surface area (Å²) in [6, 6.07) is 6.41. The van der Waals surface area contributed by atoms with Crippen molar-refractivity contribution in [3.8, 4) is 0 Å². The Hall–Kier alpha value is 0.234. The molecular formula is C18H40O5Si2. The fourth-order valence-corrected chi connectivity index (χ4v) is 9.56. The van der Waals surface area contributed by atoms with Gasteiger partial charge in [0, 0.05) is 7.11 Å². The molecule has 0 aromatic carbocycles. The second-order valence-electron chi connectivity index (χ2n) is 7.11. The van der Waals surface area contributed by atoms with E-state index in [9.17, 15) is 5.11 Å². The normalized spacial score (nSPS) is 27.8. The Kier molecular flexibility index (Phi) is 9.81. The van der Waals surface area contributed by atoms with E-state index in [1.807, 2.05) is 0 Å². The Morgan fingerprint density at radius 1 is 0.760 bits per heavy atom. The van der Waals surface area contributed by atoms with Crippen LogP contribution in [-0.4, -0.2) is 60.1 Å². The highest BCUT2D eigenvalue weighted by atomic mass is 28.4. The van der Waals surface area contributed by atoms with Crippen LogP contribution in [0.15, 0.2) is 0 Å². The van der Waals surface area contributed by atoms with Gasteiger partial charge in [0.05, 0.1) is 6.61 Å². The molecular weight excluding hydrogens is 352 g/mol. The molecule has 1 heterocycles. The van der Waals surface area contributed by atoms with Crippen molar-refractivity contribution in [3.05, 3.63) is 0 Å². The lowest BCUT2D eigenvalue weighted by molar-refractivity contribution is -0.150. The minimum Gasteiger partial charge on any atom is -0.408 e. The average molecular weight is 393 g/mol. The van der Waals surface area contributed by atoms with Gasteiger partial charge in [0.2, 0.25) is 0 Å². The van der Waals surface area contributed by atoms with Crippen LogP contribution in [0.2, 0.25) is 36.3 Å². The van der Waals surface area contributed by atoms with Crippen LogP contribution in [0.25, 0.3) is 0 Å². The van der Waals surface area contributed by atoms with E-state index in [0.29, 0.717) is 0 Å². The van der Waals surface area contributed by atoms with E-state index in [0.717, 1.165) is 36.3 Å². The molecule has 7 heteroatoms. The lowest BCUT2D eigenvalue weighted by Gasteiger charge is -2.39. The van der Waals surface area contributed by atoms with Crippen LogP contribution in [0.3, 0.4) is 0 Å². The minimum absolute atomic E-state index is 0.0645. The molecule has 25 heavy (non-hydrogen) atoms. The van der Waals surface area contributed by atoms with Gasteiger partial charge in [-0.25, -0.2) is 0 Å². The van der Waals surface area contributed by atoms with Crippen molar-refractivity contribution in [2.45, 2.75) is 102 Å². The van der Waals surface area contributed by atoms with Crippen LogP contribution in [0.1, 0.15) is 41.5 Å². The third-order valence-electron chi connectivity index (χ3n) is 6.32. The second-order valence-corrected chi connectivity index (χ2v) is 16.6. The zero-order valence-corrected chi connectivity index (χ0v) is 19.3. The maximum absolute atomic E-state index is 9.86. The summed E-state index contributed by atoms with van der Waals surface area (Å²) in [5, 5.41) is 9.86. The Bertz CT molecular complexity index is 324. The summed E-state index contributed by atoms with van der Waals surface area (Å²) in [5.74, 6) is 0. The van der Waals surface area contributed by atoms with Crippen molar-refractivity contribution in [2.24, 2.45) is 0 Å². The SMILES string of the molecule is CC[Si](CC)(CC)O[C@H]1[C@H](O[Si](CC)(CC)CC)C(OC)O[C@@H]1CO. The van der Waals surface area contributed by atoms with Crippen LogP contribution in [0.4, 0.5) is 0 Å². The summed E-state index contributed by atoms with van der Waals surface area (Å²) in [5.41, 5.74) is 0. The Balaban J connectivity index is 3.13. The van der Waals surface area contributed by atoms with Gasteiger partial charge in [0.1, 0.15) is 18.3 Å². The third-order valence-corrected chi connectivity index (χ3v) is 15.6. The van der Waals surface area contributed by atoms with Crippen molar-refractivity contribution in [3.63, 3.8) is 0 Å². The fraction of sp³-hybridized carbons (Fsp3) is 1.00. The first-order valence-electron chi connectivity index (χ1n) is 10.1. The van der Waals surface area contributed by atoms with Gasteiger partial charge in [0.25, 0.3) is 0 Å². The standard InChI is InChI=1S/C18H40O5Si2/c1-8-24(9-2,10-3)22-16-15(14-19)21-18(20-7)17(16)23-25(11-4,12-5)13-6/h15-19H,8-14H2,1-7H3/t15-,16-,17+,18?/m1/s1. The summed E-state index contributed by atoms with van der Waals surface area (Å²) in [7, 11) is -2.03. The summed E-state index contributed by atoms with van der Waals surface area (Å²) in [6.45, 7) is 13.3. The van der Waals surface area contributed by atoms with Crippen LogP contribution in [-0.2, 0) is 18.3 Å². The zero-order chi connectivity index (χ0) is 19.1. The van der Waals surface area contributed by atoms with Crippen molar-refractivity contribution < 1.29 is 23.4 Å². The summed E-state index contributed by atoms with van der Waals surface area (Å²) >= 11 is 0. The van der Waals surface area contributed by atoms with E-state index in [2.05, 4.69) is 41.5 Å². The van der Waals surface area contributed by atoms with E-state index in [-0.39, 0.29) is 24.9 Å². The van der Waals surface area contributed by atoms with Crippen molar-refractivity contribution in [1.82, 2.24) is 0 Å². The molecule has 1 rings (SSSR count). The first kappa shape index (κ1) is 23.3. The molecule has 0 radical (unpaired) electrons. The number of hydrogen-bond acceptors (Lipinski definition) is 5. The predicted octanol–water partition coefficient (Wildman–Crippen LogP) is 4.13. The van der Waals surface area contributed by atoms with Gasteiger partial charge in [-0.3, -0.25) is 0 Å². The van der Waals surface area contributed by atoms with Gasteiger partial charge in [-0.2, -0.15) is 0 Å². The molecule has 1 fully saturated rings. The molecule has 1 aliphatic heterocycles. The maximum Gasteiger partial charge on any atom is 0.192 e. The van der Waals surface area contributed by atoms with E-state index in [1.54, 1.807) is 7.11 Å².